The molecule has 5 nitrogen and oxygen atoms in total. The Labute approximate surface area is 132 Å². The van der Waals surface area contributed by atoms with Gasteiger partial charge in [0.05, 0.1) is 6.04 Å². The zero-order valence-corrected chi connectivity index (χ0v) is 13.0. The fourth-order valence-corrected chi connectivity index (χ4v) is 2.86. The highest BCUT2D eigenvalue weighted by atomic mass is 32.1. The number of hydrogen-bond acceptors (Lipinski definition) is 4. The summed E-state index contributed by atoms with van der Waals surface area (Å²) in [5.41, 5.74) is 0.874. The van der Waals surface area contributed by atoms with Gasteiger partial charge in [-0.25, -0.2) is 9.78 Å². The lowest BCUT2D eigenvalue weighted by Gasteiger charge is -2.11. The molecule has 6 heteroatoms. The van der Waals surface area contributed by atoms with Crippen molar-refractivity contribution in [3.63, 3.8) is 0 Å². The first-order valence-corrected chi connectivity index (χ1v) is 8.01. The molecule has 1 aromatic carbocycles. The molecule has 114 valence electrons. The fourth-order valence-electron chi connectivity index (χ4n) is 2.22. The second kappa shape index (κ2) is 6.62. The van der Waals surface area contributed by atoms with Gasteiger partial charge in [-0.2, -0.15) is 0 Å². The molecular weight excluding hydrogens is 298 g/mol. The van der Waals surface area contributed by atoms with E-state index in [1.165, 1.54) is 11.3 Å². The van der Waals surface area contributed by atoms with Gasteiger partial charge in [0.25, 0.3) is 0 Å². The maximum Gasteiger partial charge on any atom is 0.315 e. The number of carbonyl (C=O) groups excluding carboxylic acids is 1. The standard InChI is InChI=1S/C16H17N3O2S/c1-11(15-17-8-9-22-15)19-16(20)18-7-6-13-10-12-4-2-3-5-14(12)21-13/h2-5,8-11H,6-7H2,1H3,(H2,18,19,20)/t11-/m0/s1. The summed E-state index contributed by atoms with van der Waals surface area (Å²) in [6, 6.07) is 9.60. The Hall–Kier alpha value is -2.34. The van der Waals surface area contributed by atoms with Gasteiger partial charge in [0, 0.05) is 29.9 Å². The van der Waals surface area contributed by atoms with E-state index in [0.717, 1.165) is 21.7 Å². The smallest absolute Gasteiger partial charge is 0.315 e. The molecule has 0 aliphatic carbocycles. The van der Waals surface area contributed by atoms with E-state index in [-0.39, 0.29) is 12.1 Å². The third-order valence-electron chi connectivity index (χ3n) is 3.30. The number of hydrogen-bond donors (Lipinski definition) is 2. The fraction of sp³-hybridized carbons (Fsp3) is 0.250. The van der Waals surface area contributed by atoms with Crippen molar-refractivity contribution in [2.45, 2.75) is 19.4 Å². The van der Waals surface area contributed by atoms with Crippen LogP contribution in [0.5, 0.6) is 0 Å². The van der Waals surface area contributed by atoms with Crippen LogP contribution in [0.4, 0.5) is 4.79 Å². The van der Waals surface area contributed by atoms with E-state index in [4.69, 9.17) is 4.42 Å². The van der Waals surface area contributed by atoms with Crippen LogP contribution in [0.2, 0.25) is 0 Å². The maximum atomic E-state index is 11.8. The van der Waals surface area contributed by atoms with E-state index >= 15 is 0 Å². The van der Waals surface area contributed by atoms with Crippen molar-refractivity contribution in [2.24, 2.45) is 0 Å². The molecule has 2 N–H and O–H groups in total. The summed E-state index contributed by atoms with van der Waals surface area (Å²) in [7, 11) is 0. The van der Waals surface area contributed by atoms with Gasteiger partial charge < -0.3 is 15.1 Å². The number of urea groups is 1. The number of benzene rings is 1. The van der Waals surface area contributed by atoms with Gasteiger partial charge in [-0.3, -0.25) is 0 Å². The zero-order chi connectivity index (χ0) is 15.4. The Kier molecular flexibility index (Phi) is 4.39. The summed E-state index contributed by atoms with van der Waals surface area (Å²) >= 11 is 1.53. The van der Waals surface area contributed by atoms with Crippen LogP contribution in [-0.4, -0.2) is 17.6 Å². The van der Waals surface area contributed by atoms with Crippen LogP contribution >= 0.6 is 11.3 Å². The molecule has 0 aliphatic heterocycles. The van der Waals surface area contributed by atoms with E-state index in [1.807, 2.05) is 42.6 Å². The first-order valence-electron chi connectivity index (χ1n) is 7.13. The molecule has 1 atom stereocenters. The van der Waals surface area contributed by atoms with Crippen molar-refractivity contribution in [1.29, 1.82) is 0 Å². The van der Waals surface area contributed by atoms with Crippen molar-refractivity contribution in [3.8, 4) is 0 Å². The number of amides is 2. The van der Waals surface area contributed by atoms with Gasteiger partial charge in [-0.05, 0) is 19.1 Å². The van der Waals surface area contributed by atoms with Crippen molar-refractivity contribution >= 4 is 28.3 Å². The Morgan fingerprint density at radius 2 is 2.27 bits per heavy atom. The van der Waals surface area contributed by atoms with E-state index < -0.39 is 0 Å². The number of thiazole rings is 1. The molecule has 2 amide bonds. The molecule has 0 bridgehead atoms. The minimum absolute atomic E-state index is 0.0915. The van der Waals surface area contributed by atoms with Crippen molar-refractivity contribution in [2.75, 3.05) is 6.54 Å². The molecule has 2 aromatic heterocycles. The van der Waals surface area contributed by atoms with E-state index in [2.05, 4.69) is 15.6 Å². The van der Waals surface area contributed by atoms with Crippen LogP contribution in [0.15, 0.2) is 46.3 Å². The number of para-hydroxylation sites is 1. The molecule has 3 rings (SSSR count). The van der Waals surface area contributed by atoms with E-state index in [9.17, 15) is 4.79 Å². The van der Waals surface area contributed by atoms with Crippen LogP contribution in [-0.2, 0) is 6.42 Å². The van der Waals surface area contributed by atoms with Gasteiger partial charge in [0.2, 0.25) is 0 Å². The SMILES string of the molecule is C[C@H](NC(=O)NCCc1cc2ccccc2o1)c1nccs1. The van der Waals surface area contributed by atoms with E-state index in [0.29, 0.717) is 13.0 Å². The number of furan rings is 1. The van der Waals surface area contributed by atoms with Crippen molar-refractivity contribution in [3.05, 3.63) is 52.7 Å². The lowest BCUT2D eigenvalue weighted by molar-refractivity contribution is 0.238. The van der Waals surface area contributed by atoms with Gasteiger partial charge in [0.1, 0.15) is 16.4 Å². The molecule has 0 unspecified atom stereocenters. The second-order valence-electron chi connectivity index (χ2n) is 4.99. The molecule has 0 fully saturated rings. The Bertz CT molecular complexity index is 719. The molecule has 0 radical (unpaired) electrons. The molecule has 3 aromatic rings. The quantitative estimate of drug-likeness (QED) is 0.757. The summed E-state index contributed by atoms with van der Waals surface area (Å²) < 4.78 is 5.71. The van der Waals surface area contributed by atoms with Crippen LogP contribution in [0.25, 0.3) is 11.0 Å². The predicted molar refractivity (Wildman–Crippen MR) is 87.0 cm³/mol. The topological polar surface area (TPSA) is 67.2 Å². The number of fused-ring (bicyclic) bond motifs is 1. The van der Waals surface area contributed by atoms with Gasteiger partial charge >= 0.3 is 6.03 Å². The van der Waals surface area contributed by atoms with Gasteiger partial charge in [-0.1, -0.05) is 18.2 Å². The highest BCUT2D eigenvalue weighted by Crippen LogP contribution is 2.18. The minimum atomic E-state index is -0.196. The van der Waals surface area contributed by atoms with Crippen LogP contribution in [0.3, 0.4) is 0 Å². The zero-order valence-electron chi connectivity index (χ0n) is 12.2. The van der Waals surface area contributed by atoms with Crippen molar-refractivity contribution < 1.29 is 9.21 Å². The molecule has 0 spiro atoms. The predicted octanol–water partition coefficient (Wildman–Crippen LogP) is 3.49. The highest BCUT2D eigenvalue weighted by Gasteiger charge is 2.11. The molecule has 0 saturated heterocycles. The Morgan fingerprint density at radius 3 is 3.05 bits per heavy atom. The van der Waals surface area contributed by atoms with Crippen LogP contribution in [0, 0.1) is 0 Å². The summed E-state index contributed by atoms with van der Waals surface area (Å²) in [6.45, 7) is 2.44. The average molecular weight is 315 g/mol. The summed E-state index contributed by atoms with van der Waals surface area (Å²) in [5.74, 6) is 0.870. The molecule has 0 saturated carbocycles. The van der Waals surface area contributed by atoms with E-state index in [1.54, 1.807) is 6.20 Å². The second-order valence-corrected chi connectivity index (χ2v) is 5.92. The lowest BCUT2D eigenvalue weighted by atomic mass is 10.2. The molecule has 0 aliphatic rings. The number of aromatic nitrogens is 1. The largest absolute Gasteiger partial charge is 0.461 e. The highest BCUT2D eigenvalue weighted by molar-refractivity contribution is 7.09. The number of rotatable bonds is 5. The minimum Gasteiger partial charge on any atom is -0.461 e. The van der Waals surface area contributed by atoms with Gasteiger partial charge in [-0.15, -0.1) is 11.3 Å². The monoisotopic (exact) mass is 315 g/mol. The van der Waals surface area contributed by atoms with Crippen LogP contribution in [0.1, 0.15) is 23.7 Å². The average Bonchev–Trinajstić information content (AvgIpc) is 3.16. The number of nitrogens with one attached hydrogen (secondary N) is 2. The summed E-state index contributed by atoms with van der Waals surface area (Å²) in [5, 5.41) is 9.57. The lowest BCUT2D eigenvalue weighted by Crippen LogP contribution is -2.37. The van der Waals surface area contributed by atoms with Crippen LogP contribution < -0.4 is 10.6 Å². The van der Waals surface area contributed by atoms with Crippen molar-refractivity contribution in [1.82, 2.24) is 15.6 Å². The molecular formula is C16H17N3O2S. The summed E-state index contributed by atoms with van der Waals surface area (Å²) in [6.07, 6.45) is 2.39. The Morgan fingerprint density at radius 1 is 1.41 bits per heavy atom. The third kappa shape index (κ3) is 3.46. The third-order valence-corrected chi connectivity index (χ3v) is 4.26. The first-order chi connectivity index (χ1) is 10.7. The summed E-state index contributed by atoms with van der Waals surface area (Å²) in [4.78, 5) is 16.0. The molecule has 22 heavy (non-hydrogen) atoms. The maximum absolute atomic E-state index is 11.8. The first kappa shape index (κ1) is 14.6. The van der Waals surface area contributed by atoms with Gasteiger partial charge in [0.15, 0.2) is 0 Å². The molecule has 2 heterocycles. The normalized spacial score (nSPS) is 12.2. The number of nitrogens with zero attached hydrogens (tertiary/aromatic N) is 1. The number of carbonyl (C=O) groups is 1. The Balaban J connectivity index is 1.47.